The average molecular weight is 366 g/mol. The van der Waals surface area contributed by atoms with Gasteiger partial charge in [-0.2, -0.15) is 0 Å². The highest BCUT2D eigenvalue weighted by molar-refractivity contribution is 8.93. The Morgan fingerprint density at radius 2 is 1.86 bits per heavy atom. The average Bonchev–Trinajstić information content (AvgIpc) is 2.48. The van der Waals surface area contributed by atoms with Crippen molar-refractivity contribution in [1.29, 1.82) is 0 Å². The number of anilines is 1. The first-order valence-electron chi connectivity index (χ1n) is 6.41. The minimum Gasteiger partial charge on any atom is -0.324 e. The van der Waals surface area contributed by atoms with Crippen LogP contribution in [0.25, 0.3) is 0 Å². The minimum absolute atomic E-state index is 0. The van der Waals surface area contributed by atoms with E-state index in [0.717, 1.165) is 5.56 Å². The molecule has 22 heavy (non-hydrogen) atoms. The lowest BCUT2D eigenvalue weighted by Crippen LogP contribution is -2.37. The summed E-state index contributed by atoms with van der Waals surface area (Å²) in [7, 11) is 0. The standard InChI is InChI=1S/C15H15N3O3.BrH/c16-14(9-11-5-2-1-3-6-11)15(19)17-12-7-4-8-13(10-12)18(20)21;/h1-8,10,14H,9,16H2,(H,17,19);1H. The van der Waals surface area contributed by atoms with Crippen molar-refractivity contribution in [3.8, 4) is 0 Å². The molecule has 0 radical (unpaired) electrons. The Bertz CT molecular complexity index is 649. The first-order valence-corrected chi connectivity index (χ1v) is 6.41. The van der Waals surface area contributed by atoms with E-state index in [1.165, 1.54) is 18.2 Å². The third-order valence-corrected chi connectivity index (χ3v) is 2.96. The van der Waals surface area contributed by atoms with Crippen LogP contribution in [0, 0.1) is 10.1 Å². The van der Waals surface area contributed by atoms with Crippen molar-refractivity contribution in [2.75, 3.05) is 5.32 Å². The molecule has 0 aliphatic heterocycles. The zero-order valence-electron chi connectivity index (χ0n) is 11.6. The van der Waals surface area contributed by atoms with Gasteiger partial charge in [0.25, 0.3) is 5.69 Å². The normalized spacial score (nSPS) is 11.1. The quantitative estimate of drug-likeness (QED) is 0.628. The molecule has 1 atom stereocenters. The number of amides is 1. The van der Waals surface area contributed by atoms with Crippen LogP contribution in [0.4, 0.5) is 11.4 Å². The molecule has 0 fully saturated rings. The van der Waals surface area contributed by atoms with Gasteiger partial charge in [0, 0.05) is 17.8 Å². The number of benzene rings is 2. The fraction of sp³-hybridized carbons (Fsp3) is 0.133. The number of nitrogens with one attached hydrogen (secondary N) is 1. The van der Waals surface area contributed by atoms with Crippen LogP contribution in [0.15, 0.2) is 54.6 Å². The molecule has 0 saturated carbocycles. The van der Waals surface area contributed by atoms with Gasteiger partial charge in [-0.05, 0) is 18.1 Å². The summed E-state index contributed by atoms with van der Waals surface area (Å²) in [5.41, 5.74) is 7.09. The second kappa shape index (κ2) is 8.26. The number of nitro groups is 1. The third-order valence-electron chi connectivity index (χ3n) is 2.96. The molecule has 6 nitrogen and oxygen atoms in total. The molecule has 2 rings (SSSR count). The Morgan fingerprint density at radius 3 is 2.50 bits per heavy atom. The monoisotopic (exact) mass is 365 g/mol. The lowest BCUT2D eigenvalue weighted by atomic mass is 10.1. The molecule has 2 aromatic carbocycles. The molecule has 0 aliphatic carbocycles. The lowest BCUT2D eigenvalue weighted by Gasteiger charge is -2.12. The maximum absolute atomic E-state index is 12.0. The van der Waals surface area contributed by atoms with Gasteiger partial charge in [0.05, 0.1) is 11.0 Å². The zero-order valence-corrected chi connectivity index (χ0v) is 13.4. The summed E-state index contributed by atoms with van der Waals surface area (Å²) in [5.74, 6) is -0.376. The predicted octanol–water partition coefficient (Wildman–Crippen LogP) is 2.68. The summed E-state index contributed by atoms with van der Waals surface area (Å²) < 4.78 is 0. The smallest absolute Gasteiger partial charge is 0.271 e. The van der Waals surface area contributed by atoms with E-state index in [0.29, 0.717) is 12.1 Å². The van der Waals surface area contributed by atoms with Gasteiger partial charge >= 0.3 is 0 Å². The SMILES string of the molecule is Br.NC(Cc1ccccc1)C(=O)Nc1cccc([N+](=O)[O-])c1. The molecule has 1 amide bonds. The number of nitrogens with two attached hydrogens (primary N) is 1. The fourth-order valence-electron chi connectivity index (χ4n) is 1.89. The maximum atomic E-state index is 12.0. The van der Waals surface area contributed by atoms with Crippen LogP contribution in [-0.2, 0) is 11.2 Å². The van der Waals surface area contributed by atoms with E-state index in [1.54, 1.807) is 6.07 Å². The van der Waals surface area contributed by atoms with E-state index in [-0.39, 0.29) is 28.6 Å². The highest BCUT2D eigenvalue weighted by Crippen LogP contribution is 2.17. The van der Waals surface area contributed by atoms with E-state index in [9.17, 15) is 14.9 Å². The van der Waals surface area contributed by atoms with Crippen molar-refractivity contribution in [3.05, 3.63) is 70.3 Å². The van der Waals surface area contributed by atoms with Gasteiger partial charge < -0.3 is 11.1 Å². The van der Waals surface area contributed by atoms with Crippen molar-refractivity contribution < 1.29 is 9.72 Å². The van der Waals surface area contributed by atoms with Crippen LogP contribution in [0.1, 0.15) is 5.56 Å². The number of nitrogens with zero attached hydrogens (tertiary/aromatic N) is 1. The van der Waals surface area contributed by atoms with Crippen LogP contribution in [0.2, 0.25) is 0 Å². The van der Waals surface area contributed by atoms with E-state index < -0.39 is 11.0 Å². The van der Waals surface area contributed by atoms with Crippen molar-refractivity contribution in [2.45, 2.75) is 12.5 Å². The van der Waals surface area contributed by atoms with Crippen molar-refractivity contribution in [1.82, 2.24) is 0 Å². The number of carbonyl (C=O) groups is 1. The van der Waals surface area contributed by atoms with E-state index >= 15 is 0 Å². The number of nitro benzene ring substituents is 1. The van der Waals surface area contributed by atoms with E-state index in [1.807, 2.05) is 30.3 Å². The molecular weight excluding hydrogens is 350 g/mol. The first kappa shape index (κ1) is 17.8. The van der Waals surface area contributed by atoms with Gasteiger partial charge in [0.2, 0.25) is 5.91 Å². The number of carbonyl (C=O) groups excluding carboxylic acids is 1. The second-order valence-corrected chi connectivity index (χ2v) is 4.59. The number of hydrogen-bond acceptors (Lipinski definition) is 4. The molecule has 0 saturated heterocycles. The molecular formula is C15H16BrN3O3. The summed E-state index contributed by atoms with van der Waals surface area (Å²) in [6.07, 6.45) is 0.404. The molecule has 0 aromatic heterocycles. The summed E-state index contributed by atoms with van der Waals surface area (Å²) in [6.45, 7) is 0. The van der Waals surface area contributed by atoms with Gasteiger partial charge in [-0.25, -0.2) is 0 Å². The predicted molar refractivity (Wildman–Crippen MR) is 90.2 cm³/mol. The summed E-state index contributed by atoms with van der Waals surface area (Å²) >= 11 is 0. The van der Waals surface area contributed by atoms with Crippen LogP contribution < -0.4 is 11.1 Å². The molecule has 2 aromatic rings. The topological polar surface area (TPSA) is 98.3 Å². The highest BCUT2D eigenvalue weighted by Gasteiger charge is 2.15. The van der Waals surface area contributed by atoms with Crippen LogP contribution in [-0.4, -0.2) is 16.9 Å². The number of halogens is 1. The van der Waals surface area contributed by atoms with Crippen molar-refractivity contribution in [3.63, 3.8) is 0 Å². The minimum atomic E-state index is -0.716. The highest BCUT2D eigenvalue weighted by atomic mass is 79.9. The summed E-state index contributed by atoms with van der Waals surface area (Å²) in [5, 5.41) is 13.3. The molecule has 0 heterocycles. The van der Waals surface area contributed by atoms with E-state index in [4.69, 9.17) is 5.73 Å². The van der Waals surface area contributed by atoms with Crippen molar-refractivity contribution >= 4 is 34.3 Å². The Morgan fingerprint density at radius 1 is 1.18 bits per heavy atom. The van der Waals surface area contributed by atoms with Gasteiger partial charge in [-0.15, -0.1) is 17.0 Å². The van der Waals surface area contributed by atoms with Crippen LogP contribution >= 0.6 is 17.0 Å². The molecule has 0 aliphatic rings. The largest absolute Gasteiger partial charge is 0.324 e. The number of hydrogen-bond donors (Lipinski definition) is 2. The zero-order chi connectivity index (χ0) is 15.2. The Hall–Kier alpha value is -2.25. The van der Waals surface area contributed by atoms with Gasteiger partial charge in [0.1, 0.15) is 0 Å². The Kier molecular flexibility index (Phi) is 6.68. The number of rotatable bonds is 5. The maximum Gasteiger partial charge on any atom is 0.271 e. The molecule has 116 valence electrons. The van der Waals surface area contributed by atoms with Crippen LogP contribution in [0.5, 0.6) is 0 Å². The Labute approximate surface area is 138 Å². The molecule has 3 N–H and O–H groups in total. The number of non-ortho nitro benzene ring substituents is 1. The lowest BCUT2D eigenvalue weighted by molar-refractivity contribution is -0.384. The molecule has 7 heteroatoms. The van der Waals surface area contributed by atoms with Gasteiger partial charge in [-0.1, -0.05) is 36.4 Å². The van der Waals surface area contributed by atoms with Gasteiger partial charge in [0.15, 0.2) is 0 Å². The first-order chi connectivity index (χ1) is 10.1. The molecule has 0 spiro atoms. The van der Waals surface area contributed by atoms with Gasteiger partial charge in [-0.3, -0.25) is 14.9 Å². The second-order valence-electron chi connectivity index (χ2n) is 4.59. The molecule has 1 unspecified atom stereocenters. The third kappa shape index (κ3) is 4.94. The van der Waals surface area contributed by atoms with Crippen LogP contribution in [0.3, 0.4) is 0 Å². The van der Waals surface area contributed by atoms with Crippen molar-refractivity contribution in [2.24, 2.45) is 5.73 Å². The molecule has 0 bridgehead atoms. The Balaban J connectivity index is 0.00000242. The fourth-order valence-corrected chi connectivity index (χ4v) is 1.89. The summed E-state index contributed by atoms with van der Waals surface area (Å²) in [6, 6.07) is 14.5. The summed E-state index contributed by atoms with van der Waals surface area (Å²) in [4.78, 5) is 22.2. The van der Waals surface area contributed by atoms with E-state index in [2.05, 4.69) is 5.32 Å².